The molecule has 0 saturated heterocycles. The molecule has 9 heteroatoms. The SMILES string of the molecule is CC(C)(C)OC(=O)N=C(N)N(OCCN)C(=O)OC(C)(C)C. The van der Waals surface area contributed by atoms with Crippen molar-refractivity contribution in [3.8, 4) is 0 Å². The Balaban J connectivity index is 5.08. The molecule has 0 aromatic rings. The summed E-state index contributed by atoms with van der Waals surface area (Å²) in [6, 6.07) is 0. The van der Waals surface area contributed by atoms with Crippen molar-refractivity contribution >= 4 is 18.1 Å². The summed E-state index contributed by atoms with van der Waals surface area (Å²) in [7, 11) is 0. The minimum absolute atomic E-state index is 0.0101. The molecule has 0 aromatic heterocycles. The predicted molar refractivity (Wildman–Crippen MR) is 80.9 cm³/mol. The highest BCUT2D eigenvalue weighted by Crippen LogP contribution is 2.11. The normalized spacial score (nSPS) is 12.8. The molecule has 0 bridgehead atoms. The smallest absolute Gasteiger partial charge is 0.442 e. The van der Waals surface area contributed by atoms with Gasteiger partial charge in [0.1, 0.15) is 11.2 Å². The number of carbonyl (C=O) groups excluding carboxylic acids is 2. The molecule has 0 fully saturated rings. The quantitative estimate of drug-likeness (QED) is 0.456. The van der Waals surface area contributed by atoms with Crippen LogP contribution in [0.3, 0.4) is 0 Å². The van der Waals surface area contributed by atoms with E-state index in [1.807, 2.05) is 0 Å². The average molecular weight is 318 g/mol. The number of hydrogen-bond donors (Lipinski definition) is 2. The Bertz CT molecular complexity index is 423. The van der Waals surface area contributed by atoms with Crippen LogP contribution in [0.2, 0.25) is 0 Å². The highest BCUT2D eigenvalue weighted by molar-refractivity contribution is 5.96. The first-order chi connectivity index (χ1) is 9.85. The summed E-state index contributed by atoms with van der Waals surface area (Å²) in [5, 5.41) is 0.571. The molecule has 22 heavy (non-hydrogen) atoms. The number of nitrogens with two attached hydrogens (primary N) is 2. The van der Waals surface area contributed by atoms with E-state index >= 15 is 0 Å². The zero-order valence-corrected chi connectivity index (χ0v) is 14.0. The van der Waals surface area contributed by atoms with Crippen LogP contribution < -0.4 is 11.5 Å². The number of carbonyl (C=O) groups is 2. The van der Waals surface area contributed by atoms with Crippen LogP contribution in [0.4, 0.5) is 9.59 Å². The molecule has 4 N–H and O–H groups in total. The molecule has 0 rings (SSSR count). The molecule has 2 amide bonds. The van der Waals surface area contributed by atoms with Crippen LogP contribution in [-0.4, -0.2) is 47.6 Å². The summed E-state index contributed by atoms with van der Waals surface area (Å²) in [5.74, 6) is -0.503. The lowest BCUT2D eigenvalue weighted by Gasteiger charge is -2.25. The van der Waals surface area contributed by atoms with Gasteiger partial charge in [-0.1, -0.05) is 0 Å². The van der Waals surface area contributed by atoms with Crippen molar-refractivity contribution in [1.82, 2.24) is 5.06 Å². The van der Waals surface area contributed by atoms with E-state index in [9.17, 15) is 9.59 Å². The molecule has 9 nitrogen and oxygen atoms in total. The molecule has 0 spiro atoms. The van der Waals surface area contributed by atoms with E-state index in [2.05, 4.69) is 4.99 Å². The Labute approximate surface area is 130 Å². The van der Waals surface area contributed by atoms with Gasteiger partial charge in [-0.05, 0) is 41.5 Å². The number of ether oxygens (including phenoxy) is 2. The first-order valence-corrected chi connectivity index (χ1v) is 6.79. The minimum Gasteiger partial charge on any atom is -0.442 e. The van der Waals surface area contributed by atoms with E-state index in [0.717, 1.165) is 0 Å². The van der Waals surface area contributed by atoms with E-state index in [-0.39, 0.29) is 13.2 Å². The van der Waals surface area contributed by atoms with Crippen LogP contribution in [-0.2, 0) is 14.3 Å². The summed E-state index contributed by atoms with van der Waals surface area (Å²) in [4.78, 5) is 32.1. The average Bonchev–Trinajstić information content (AvgIpc) is 2.23. The Hall–Kier alpha value is -1.87. The molecule has 0 aromatic carbocycles. The van der Waals surface area contributed by atoms with Crippen molar-refractivity contribution < 1.29 is 23.9 Å². The highest BCUT2D eigenvalue weighted by atomic mass is 16.7. The molecule has 0 aliphatic carbocycles. The van der Waals surface area contributed by atoms with Gasteiger partial charge in [0, 0.05) is 6.54 Å². The summed E-state index contributed by atoms with van der Waals surface area (Å²) in [5.41, 5.74) is 9.41. The standard InChI is InChI=1S/C13H26N4O5/c1-12(2,3)21-10(18)16-9(15)17(20-8-7-14)11(19)22-13(4,5)6/h7-8,14H2,1-6H3,(H2,15,16,18). The van der Waals surface area contributed by atoms with Gasteiger partial charge in [-0.2, -0.15) is 0 Å². The number of hydrogen-bond acceptors (Lipinski definition) is 6. The minimum atomic E-state index is -0.949. The number of hydroxylamine groups is 2. The summed E-state index contributed by atoms with van der Waals surface area (Å²) < 4.78 is 10.1. The second kappa shape index (κ2) is 7.95. The van der Waals surface area contributed by atoms with Gasteiger partial charge in [-0.25, -0.2) is 9.59 Å². The Morgan fingerprint density at radius 1 is 1.05 bits per heavy atom. The monoisotopic (exact) mass is 318 g/mol. The molecule has 0 unspecified atom stereocenters. The van der Waals surface area contributed by atoms with Gasteiger partial charge in [-0.15, -0.1) is 10.1 Å². The highest BCUT2D eigenvalue weighted by Gasteiger charge is 2.27. The van der Waals surface area contributed by atoms with E-state index in [0.29, 0.717) is 5.06 Å². The Morgan fingerprint density at radius 2 is 1.55 bits per heavy atom. The van der Waals surface area contributed by atoms with Crippen molar-refractivity contribution in [2.75, 3.05) is 13.2 Å². The van der Waals surface area contributed by atoms with Crippen molar-refractivity contribution in [2.45, 2.75) is 52.7 Å². The van der Waals surface area contributed by atoms with Gasteiger partial charge >= 0.3 is 12.2 Å². The molecule has 0 aliphatic rings. The van der Waals surface area contributed by atoms with Crippen LogP contribution in [0.1, 0.15) is 41.5 Å². The van der Waals surface area contributed by atoms with E-state index in [1.54, 1.807) is 41.5 Å². The Morgan fingerprint density at radius 3 is 1.95 bits per heavy atom. The summed E-state index contributed by atoms with van der Waals surface area (Å²) in [6.45, 7) is 10.2. The number of guanidine groups is 1. The van der Waals surface area contributed by atoms with E-state index in [1.165, 1.54) is 0 Å². The largest absolute Gasteiger partial charge is 0.442 e. The number of aliphatic imine (C=N–C) groups is 1. The zero-order chi connectivity index (χ0) is 17.6. The first-order valence-electron chi connectivity index (χ1n) is 6.79. The third kappa shape index (κ3) is 9.14. The fourth-order valence-electron chi connectivity index (χ4n) is 1.08. The maximum atomic E-state index is 12.0. The lowest BCUT2D eigenvalue weighted by Crippen LogP contribution is -2.46. The molecular weight excluding hydrogens is 292 g/mol. The molecule has 0 atom stereocenters. The molecule has 0 aliphatic heterocycles. The number of nitrogens with zero attached hydrogens (tertiary/aromatic N) is 2. The van der Waals surface area contributed by atoms with Crippen molar-refractivity contribution in [3.05, 3.63) is 0 Å². The van der Waals surface area contributed by atoms with Crippen LogP contribution in [0.25, 0.3) is 0 Å². The number of rotatable bonds is 3. The third-order valence-electron chi connectivity index (χ3n) is 1.70. The van der Waals surface area contributed by atoms with Crippen LogP contribution in [0.15, 0.2) is 4.99 Å². The topological polar surface area (TPSA) is 129 Å². The van der Waals surface area contributed by atoms with Gasteiger partial charge in [0.25, 0.3) is 0 Å². The zero-order valence-electron chi connectivity index (χ0n) is 14.0. The van der Waals surface area contributed by atoms with Crippen molar-refractivity contribution in [2.24, 2.45) is 16.5 Å². The van der Waals surface area contributed by atoms with E-state index in [4.69, 9.17) is 25.8 Å². The fraction of sp³-hybridized carbons (Fsp3) is 0.769. The molecule has 128 valence electrons. The maximum Gasteiger partial charge on any atom is 0.442 e. The summed E-state index contributed by atoms with van der Waals surface area (Å²) >= 11 is 0. The number of amides is 2. The van der Waals surface area contributed by atoms with Gasteiger partial charge in [0.2, 0.25) is 5.96 Å². The van der Waals surface area contributed by atoms with E-state index < -0.39 is 29.3 Å². The van der Waals surface area contributed by atoms with Gasteiger partial charge < -0.3 is 20.9 Å². The first kappa shape index (κ1) is 20.1. The lowest BCUT2D eigenvalue weighted by molar-refractivity contribution is -0.0977. The predicted octanol–water partition coefficient (Wildman–Crippen LogP) is 1.36. The molecule has 0 heterocycles. The van der Waals surface area contributed by atoms with Gasteiger partial charge in [0.15, 0.2) is 0 Å². The van der Waals surface area contributed by atoms with Gasteiger partial charge in [-0.3, -0.25) is 4.84 Å². The Kier molecular flexibility index (Phi) is 7.27. The summed E-state index contributed by atoms with van der Waals surface area (Å²) in [6.07, 6.45) is -1.86. The lowest BCUT2D eigenvalue weighted by atomic mass is 10.2. The second-order valence-electron chi connectivity index (χ2n) is 6.35. The van der Waals surface area contributed by atoms with Crippen LogP contribution in [0.5, 0.6) is 0 Å². The van der Waals surface area contributed by atoms with Crippen molar-refractivity contribution in [3.63, 3.8) is 0 Å². The molecule has 0 radical (unpaired) electrons. The second-order valence-corrected chi connectivity index (χ2v) is 6.35. The fourth-order valence-corrected chi connectivity index (χ4v) is 1.08. The third-order valence-corrected chi connectivity index (χ3v) is 1.70. The maximum absolute atomic E-state index is 12.0. The molecular formula is C13H26N4O5. The van der Waals surface area contributed by atoms with Crippen LogP contribution >= 0.6 is 0 Å². The van der Waals surface area contributed by atoms with Crippen molar-refractivity contribution in [1.29, 1.82) is 0 Å². The van der Waals surface area contributed by atoms with Gasteiger partial charge in [0.05, 0.1) is 6.61 Å². The molecule has 0 saturated carbocycles. The van der Waals surface area contributed by atoms with Crippen LogP contribution in [0, 0.1) is 0 Å².